The molecule has 0 bridgehead atoms. The molecule has 1 atom stereocenters. The van der Waals surface area contributed by atoms with Crippen LogP contribution in [0.25, 0.3) is 0 Å². The highest BCUT2D eigenvalue weighted by atomic mass is 35.5. The van der Waals surface area contributed by atoms with Crippen molar-refractivity contribution in [2.24, 2.45) is 0 Å². The molecular weight excluding hydrogens is 343 g/mol. The highest BCUT2D eigenvalue weighted by Crippen LogP contribution is 2.29. The van der Waals surface area contributed by atoms with E-state index in [-0.39, 0.29) is 21.5 Å². The fraction of sp³-hybridized carbons (Fsp3) is 0.273. The first kappa shape index (κ1) is 16.0. The summed E-state index contributed by atoms with van der Waals surface area (Å²) in [7, 11) is -4.27. The lowest BCUT2D eigenvalue weighted by Gasteiger charge is -2.31. The molecule has 0 saturated carbocycles. The van der Waals surface area contributed by atoms with Gasteiger partial charge in [-0.3, -0.25) is 9.59 Å². The van der Waals surface area contributed by atoms with Crippen LogP contribution < -0.4 is 5.32 Å². The summed E-state index contributed by atoms with van der Waals surface area (Å²) < 4.78 is 25.7. The Kier molecular flexibility index (Phi) is 4.43. The van der Waals surface area contributed by atoms with Crippen LogP contribution in [-0.2, 0) is 19.6 Å². The summed E-state index contributed by atoms with van der Waals surface area (Å²) in [5.41, 5.74) is 0. The Morgan fingerprint density at radius 1 is 1.38 bits per heavy atom. The molecule has 1 saturated heterocycles. The zero-order valence-electron chi connectivity index (χ0n) is 10.4. The molecule has 0 aromatic heterocycles. The zero-order chi connectivity index (χ0) is 15.8. The van der Waals surface area contributed by atoms with Crippen LogP contribution >= 0.6 is 23.2 Å². The van der Waals surface area contributed by atoms with Crippen molar-refractivity contribution in [2.75, 3.05) is 13.1 Å². The molecule has 1 aromatic rings. The summed E-state index contributed by atoms with van der Waals surface area (Å²) in [5, 5.41) is 11.4. The molecule has 7 nitrogen and oxygen atoms in total. The molecule has 2 N–H and O–H groups in total. The number of carboxylic acid groups (broad SMARTS) is 1. The Labute approximate surface area is 130 Å². The lowest BCUT2D eigenvalue weighted by molar-refractivity contribution is -0.143. The van der Waals surface area contributed by atoms with E-state index in [0.29, 0.717) is 4.31 Å². The monoisotopic (exact) mass is 352 g/mol. The van der Waals surface area contributed by atoms with Gasteiger partial charge in [-0.2, -0.15) is 4.31 Å². The highest BCUT2D eigenvalue weighted by Gasteiger charge is 2.41. The number of rotatable bonds is 3. The van der Waals surface area contributed by atoms with Crippen molar-refractivity contribution < 1.29 is 23.1 Å². The number of sulfonamides is 1. The van der Waals surface area contributed by atoms with Crippen molar-refractivity contribution >= 4 is 45.1 Å². The van der Waals surface area contributed by atoms with E-state index in [0.717, 1.165) is 6.07 Å². The number of aliphatic carboxylic acids is 1. The summed E-state index contributed by atoms with van der Waals surface area (Å²) in [6, 6.07) is 2.41. The van der Waals surface area contributed by atoms with Crippen molar-refractivity contribution in [1.82, 2.24) is 9.62 Å². The van der Waals surface area contributed by atoms with Gasteiger partial charge in [0.25, 0.3) is 0 Å². The third-order valence-corrected chi connectivity index (χ3v) is 5.48. The van der Waals surface area contributed by atoms with Gasteiger partial charge in [-0.05, 0) is 18.2 Å². The van der Waals surface area contributed by atoms with Crippen LogP contribution in [0.1, 0.15) is 0 Å². The van der Waals surface area contributed by atoms with Crippen LogP contribution in [0.15, 0.2) is 23.1 Å². The van der Waals surface area contributed by atoms with Crippen LogP contribution in [-0.4, -0.2) is 48.8 Å². The summed E-state index contributed by atoms with van der Waals surface area (Å²) in [4.78, 5) is 22.3. The number of nitrogens with one attached hydrogen (secondary N) is 1. The number of carbonyl (C=O) groups excluding carboxylic acids is 1. The number of benzene rings is 1. The van der Waals surface area contributed by atoms with Gasteiger partial charge < -0.3 is 10.4 Å². The van der Waals surface area contributed by atoms with Gasteiger partial charge >= 0.3 is 5.97 Å². The van der Waals surface area contributed by atoms with E-state index in [1.165, 1.54) is 12.1 Å². The first-order valence-electron chi connectivity index (χ1n) is 5.70. The van der Waals surface area contributed by atoms with Crippen LogP contribution in [0.5, 0.6) is 0 Å². The van der Waals surface area contributed by atoms with Gasteiger partial charge in [-0.15, -0.1) is 0 Å². The first-order valence-corrected chi connectivity index (χ1v) is 7.89. The Bertz CT molecular complexity index is 707. The van der Waals surface area contributed by atoms with Crippen molar-refractivity contribution in [3.05, 3.63) is 28.2 Å². The standard InChI is InChI=1S/C11H10Cl2N2O5S/c12-6-1-2-7(13)9(3-6)21(19,20)15-5-10(16)14-4-8(15)11(17)18/h1-3,8H,4-5H2,(H,14,16)(H,17,18). The zero-order valence-corrected chi connectivity index (χ0v) is 12.7. The summed E-state index contributed by atoms with van der Waals surface area (Å²) in [6.07, 6.45) is 0. The second kappa shape index (κ2) is 5.80. The highest BCUT2D eigenvalue weighted by molar-refractivity contribution is 7.89. The molecule has 1 unspecified atom stereocenters. The number of piperazine rings is 1. The number of carboxylic acids is 1. The summed E-state index contributed by atoms with van der Waals surface area (Å²) in [5.74, 6) is -1.95. The predicted octanol–water partition coefficient (Wildman–Crippen LogP) is 0.567. The molecular formula is C11H10Cl2N2O5S. The molecule has 0 aliphatic carbocycles. The first-order chi connectivity index (χ1) is 9.73. The fourth-order valence-corrected chi connectivity index (χ4v) is 4.16. The smallest absolute Gasteiger partial charge is 0.323 e. The van der Waals surface area contributed by atoms with Gasteiger partial charge in [-0.1, -0.05) is 23.2 Å². The number of amides is 1. The number of halogens is 2. The van der Waals surface area contributed by atoms with Gasteiger partial charge in [0.05, 0.1) is 11.6 Å². The minimum absolute atomic E-state index is 0.102. The molecule has 1 heterocycles. The number of hydrogen-bond donors (Lipinski definition) is 2. The van der Waals surface area contributed by atoms with E-state index in [4.69, 9.17) is 28.3 Å². The molecule has 2 rings (SSSR count). The van der Waals surface area contributed by atoms with Gasteiger partial charge in [-0.25, -0.2) is 8.42 Å². The predicted molar refractivity (Wildman–Crippen MR) is 74.8 cm³/mol. The van der Waals surface area contributed by atoms with E-state index in [2.05, 4.69) is 5.32 Å². The lowest BCUT2D eigenvalue weighted by Crippen LogP contribution is -2.59. The topological polar surface area (TPSA) is 104 Å². The fourth-order valence-electron chi connectivity index (χ4n) is 1.88. The van der Waals surface area contributed by atoms with Crippen LogP contribution in [0.4, 0.5) is 0 Å². The summed E-state index contributed by atoms with van der Waals surface area (Å²) >= 11 is 11.6. The van der Waals surface area contributed by atoms with Gasteiger partial charge in [0, 0.05) is 11.6 Å². The molecule has 1 fully saturated rings. The molecule has 10 heteroatoms. The van der Waals surface area contributed by atoms with E-state index in [1.807, 2.05) is 0 Å². The number of carbonyl (C=O) groups is 2. The van der Waals surface area contributed by atoms with Crippen molar-refractivity contribution in [3.8, 4) is 0 Å². The van der Waals surface area contributed by atoms with E-state index in [1.54, 1.807) is 0 Å². The Morgan fingerprint density at radius 2 is 2.05 bits per heavy atom. The van der Waals surface area contributed by atoms with Gasteiger partial charge in [0.2, 0.25) is 15.9 Å². The van der Waals surface area contributed by atoms with E-state index in [9.17, 15) is 18.0 Å². The largest absolute Gasteiger partial charge is 0.480 e. The maximum atomic E-state index is 12.6. The van der Waals surface area contributed by atoms with Crippen molar-refractivity contribution in [1.29, 1.82) is 0 Å². The van der Waals surface area contributed by atoms with Crippen LogP contribution in [0.3, 0.4) is 0 Å². The minimum atomic E-state index is -4.27. The number of hydrogen-bond acceptors (Lipinski definition) is 4. The molecule has 21 heavy (non-hydrogen) atoms. The maximum Gasteiger partial charge on any atom is 0.323 e. The van der Waals surface area contributed by atoms with Crippen molar-refractivity contribution in [2.45, 2.75) is 10.9 Å². The average molecular weight is 353 g/mol. The summed E-state index contributed by atoms with van der Waals surface area (Å²) in [6.45, 7) is -0.909. The second-order valence-corrected chi connectivity index (χ2v) is 6.99. The number of nitrogens with zero attached hydrogens (tertiary/aromatic N) is 1. The SMILES string of the molecule is O=C1CN(S(=O)(=O)c2cc(Cl)ccc2Cl)C(C(=O)O)CN1. The Balaban J connectivity index is 2.52. The normalized spacial score (nSPS) is 20.1. The minimum Gasteiger partial charge on any atom is -0.480 e. The van der Waals surface area contributed by atoms with Gasteiger partial charge in [0.15, 0.2) is 0 Å². The molecule has 0 radical (unpaired) electrons. The van der Waals surface area contributed by atoms with Crippen molar-refractivity contribution in [3.63, 3.8) is 0 Å². The third kappa shape index (κ3) is 3.13. The van der Waals surface area contributed by atoms with E-state index >= 15 is 0 Å². The Morgan fingerprint density at radius 3 is 2.67 bits per heavy atom. The molecule has 1 aliphatic heterocycles. The second-order valence-electron chi connectivity index (χ2n) is 4.28. The lowest BCUT2D eigenvalue weighted by atomic mass is 10.2. The van der Waals surface area contributed by atoms with Crippen LogP contribution in [0, 0.1) is 0 Å². The van der Waals surface area contributed by atoms with Gasteiger partial charge in [0.1, 0.15) is 10.9 Å². The molecule has 0 spiro atoms. The average Bonchev–Trinajstić information content (AvgIpc) is 2.41. The quantitative estimate of drug-likeness (QED) is 0.827. The molecule has 1 aliphatic rings. The molecule has 1 amide bonds. The third-order valence-electron chi connectivity index (χ3n) is 2.90. The molecule has 114 valence electrons. The maximum absolute atomic E-state index is 12.6. The van der Waals surface area contributed by atoms with Crippen LogP contribution in [0.2, 0.25) is 10.0 Å². The van der Waals surface area contributed by atoms with E-state index < -0.39 is 34.5 Å². The Hall–Kier alpha value is -1.35. The molecule has 1 aromatic carbocycles.